The topological polar surface area (TPSA) is 62.5 Å². The van der Waals surface area contributed by atoms with Gasteiger partial charge in [-0.25, -0.2) is 0 Å². The van der Waals surface area contributed by atoms with Gasteiger partial charge in [0.25, 0.3) is 5.91 Å². The summed E-state index contributed by atoms with van der Waals surface area (Å²) in [4.78, 5) is 11.6. The minimum absolute atomic E-state index is 0.0338. The van der Waals surface area contributed by atoms with E-state index in [2.05, 4.69) is 5.32 Å². The van der Waals surface area contributed by atoms with Crippen LogP contribution in [0.25, 0.3) is 0 Å². The number of halogens is 1. The zero-order chi connectivity index (χ0) is 11.3. The molecule has 0 aromatic carbocycles. The maximum Gasteiger partial charge on any atom is 0.256 e. The normalized spacial score (nSPS) is 12.5. The molecule has 0 aliphatic carbocycles. The predicted molar refractivity (Wildman–Crippen MR) is 57.0 cm³/mol. The third-order valence-electron chi connectivity index (χ3n) is 2.17. The molecule has 15 heavy (non-hydrogen) atoms. The SMILES string of the molecule is CCC(CCO)NC(=O)c1ccoc1Cl. The highest BCUT2D eigenvalue weighted by atomic mass is 35.5. The number of carbonyl (C=O) groups is 1. The van der Waals surface area contributed by atoms with Crippen molar-refractivity contribution in [1.82, 2.24) is 5.32 Å². The summed E-state index contributed by atoms with van der Waals surface area (Å²) in [6, 6.07) is 1.48. The number of rotatable bonds is 5. The second-order valence-electron chi connectivity index (χ2n) is 3.20. The number of hydrogen-bond acceptors (Lipinski definition) is 3. The van der Waals surface area contributed by atoms with Crippen LogP contribution in [-0.4, -0.2) is 23.7 Å². The smallest absolute Gasteiger partial charge is 0.256 e. The first-order valence-electron chi connectivity index (χ1n) is 4.83. The number of carbonyl (C=O) groups excluding carboxylic acids is 1. The molecule has 1 atom stereocenters. The van der Waals surface area contributed by atoms with Crippen LogP contribution in [0.1, 0.15) is 30.1 Å². The standard InChI is InChI=1S/C10H14ClNO3/c1-2-7(3-5-13)12-10(14)8-4-6-15-9(8)11/h4,6-7,13H,2-3,5H2,1H3,(H,12,14). The van der Waals surface area contributed by atoms with E-state index in [0.717, 1.165) is 6.42 Å². The van der Waals surface area contributed by atoms with E-state index in [1.54, 1.807) is 0 Å². The van der Waals surface area contributed by atoms with Crippen molar-refractivity contribution in [1.29, 1.82) is 0 Å². The number of aliphatic hydroxyl groups excluding tert-OH is 1. The molecule has 2 N–H and O–H groups in total. The Morgan fingerprint density at radius 1 is 1.73 bits per heavy atom. The number of hydrogen-bond donors (Lipinski definition) is 2. The van der Waals surface area contributed by atoms with Crippen molar-refractivity contribution in [2.75, 3.05) is 6.61 Å². The highest BCUT2D eigenvalue weighted by Gasteiger charge is 2.16. The maximum atomic E-state index is 11.6. The minimum Gasteiger partial charge on any atom is -0.452 e. The van der Waals surface area contributed by atoms with E-state index in [4.69, 9.17) is 21.1 Å². The third kappa shape index (κ3) is 3.25. The Bertz CT molecular complexity index is 324. The number of amides is 1. The maximum absolute atomic E-state index is 11.6. The van der Waals surface area contributed by atoms with Gasteiger partial charge in [0.1, 0.15) is 0 Å². The van der Waals surface area contributed by atoms with Gasteiger partial charge in [0.2, 0.25) is 5.22 Å². The van der Waals surface area contributed by atoms with E-state index in [0.29, 0.717) is 12.0 Å². The molecule has 0 spiro atoms. The summed E-state index contributed by atoms with van der Waals surface area (Å²) in [5, 5.41) is 11.6. The Morgan fingerprint density at radius 2 is 2.47 bits per heavy atom. The van der Waals surface area contributed by atoms with Crippen LogP contribution in [0.2, 0.25) is 5.22 Å². The molecule has 1 amide bonds. The molecular weight excluding hydrogens is 218 g/mol. The van der Waals surface area contributed by atoms with Gasteiger partial charge in [-0.05, 0) is 30.5 Å². The highest BCUT2D eigenvalue weighted by Crippen LogP contribution is 2.16. The Hall–Kier alpha value is -1.00. The monoisotopic (exact) mass is 231 g/mol. The first-order valence-corrected chi connectivity index (χ1v) is 5.21. The summed E-state index contributed by atoms with van der Waals surface area (Å²) in [7, 11) is 0. The molecule has 0 aliphatic heterocycles. The van der Waals surface area contributed by atoms with Crippen LogP contribution in [0.4, 0.5) is 0 Å². The summed E-state index contributed by atoms with van der Waals surface area (Å²) in [6.07, 6.45) is 2.67. The van der Waals surface area contributed by atoms with Crippen LogP contribution in [-0.2, 0) is 0 Å². The summed E-state index contributed by atoms with van der Waals surface area (Å²) in [5.41, 5.74) is 0.327. The Balaban J connectivity index is 2.58. The lowest BCUT2D eigenvalue weighted by Crippen LogP contribution is -2.34. The Morgan fingerprint density at radius 3 is 2.93 bits per heavy atom. The van der Waals surface area contributed by atoms with E-state index in [-0.39, 0.29) is 23.8 Å². The van der Waals surface area contributed by atoms with Gasteiger partial charge in [0.15, 0.2) is 0 Å². The van der Waals surface area contributed by atoms with Crippen LogP contribution in [0.5, 0.6) is 0 Å². The fourth-order valence-corrected chi connectivity index (χ4v) is 1.45. The van der Waals surface area contributed by atoms with Crippen LogP contribution in [0.3, 0.4) is 0 Å². The van der Waals surface area contributed by atoms with E-state index in [1.165, 1.54) is 12.3 Å². The van der Waals surface area contributed by atoms with Gasteiger partial charge in [0, 0.05) is 12.6 Å². The van der Waals surface area contributed by atoms with Crippen molar-refractivity contribution >= 4 is 17.5 Å². The van der Waals surface area contributed by atoms with Crippen molar-refractivity contribution in [3.63, 3.8) is 0 Å². The zero-order valence-electron chi connectivity index (χ0n) is 8.50. The molecule has 1 heterocycles. The second kappa shape index (κ2) is 5.78. The van der Waals surface area contributed by atoms with Crippen molar-refractivity contribution in [2.45, 2.75) is 25.8 Å². The Labute approximate surface area is 93.2 Å². The largest absolute Gasteiger partial charge is 0.452 e. The molecule has 4 nitrogen and oxygen atoms in total. The van der Waals surface area contributed by atoms with E-state index < -0.39 is 0 Å². The first kappa shape index (κ1) is 12.1. The molecule has 1 rings (SSSR count). The fourth-order valence-electron chi connectivity index (χ4n) is 1.25. The number of aliphatic hydroxyl groups is 1. The summed E-state index contributed by atoms with van der Waals surface area (Å²) in [6.45, 7) is 2.00. The van der Waals surface area contributed by atoms with Crippen LogP contribution >= 0.6 is 11.6 Å². The van der Waals surface area contributed by atoms with Crippen molar-refractivity contribution in [2.24, 2.45) is 0 Å². The van der Waals surface area contributed by atoms with E-state index in [1.807, 2.05) is 6.92 Å². The van der Waals surface area contributed by atoms with Gasteiger partial charge < -0.3 is 14.8 Å². The molecule has 0 aliphatic rings. The fraction of sp³-hybridized carbons (Fsp3) is 0.500. The van der Waals surface area contributed by atoms with Crippen molar-refractivity contribution < 1.29 is 14.3 Å². The molecule has 0 bridgehead atoms. The molecule has 5 heteroatoms. The summed E-state index contributed by atoms with van der Waals surface area (Å²) < 4.78 is 4.82. The van der Waals surface area contributed by atoms with Crippen molar-refractivity contribution in [3.8, 4) is 0 Å². The van der Waals surface area contributed by atoms with Gasteiger partial charge in [-0.1, -0.05) is 6.92 Å². The molecule has 0 radical (unpaired) electrons. The lowest BCUT2D eigenvalue weighted by Gasteiger charge is -2.14. The lowest BCUT2D eigenvalue weighted by molar-refractivity contribution is 0.0928. The first-order chi connectivity index (χ1) is 7.19. The van der Waals surface area contributed by atoms with Crippen LogP contribution in [0.15, 0.2) is 16.7 Å². The highest BCUT2D eigenvalue weighted by molar-refractivity contribution is 6.32. The van der Waals surface area contributed by atoms with Gasteiger partial charge in [-0.2, -0.15) is 0 Å². The number of nitrogens with one attached hydrogen (secondary N) is 1. The molecule has 1 aromatic heterocycles. The predicted octanol–water partition coefficient (Wildman–Crippen LogP) is 1.82. The third-order valence-corrected chi connectivity index (χ3v) is 2.46. The molecule has 1 aromatic rings. The van der Waals surface area contributed by atoms with Gasteiger partial charge in [0.05, 0.1) is 11.8 Å². The van der Waals surface area contributed by atoms with Crippen LogP contribution in [0, 0.1) is 0 Å². The average molecular weight is 232 g/mol. The zero-order valence-corrected chi connectivity index (χ0v) is 9.25. The van der Waals surface area contributed by atoms with E-state index >= 15 is 0 Å². The van der Waals surface area contributed by atoms with E-state index in [9.17, 15) is 4.79 Å². The quantitative estimate of drug-likeness (QED) is 0.813. The minimum atomic E-state index is -0.269. The molecule has 0 saturated carbocycles. The molecular formula is C10H14ClNO3. The summed E-state index contributed by atoms with van der Waals surface area (Å²) in [5.74, 6) is -0.269. The van der Waals surface area contributed by atoms with Crippen molar-refractivity contribution in [3.05, 3.63) is 23.1 Å². The van der Waals surface area contributed by atoms with Gasteiger partial charge in [-0.3, -0.25) is 4.79 Å². The van der Waals surface area contributed by atoms with Gasteiger partial charge >= 0.3 is 0 Å². The van der Waals surface area contributed by atoms with Gasteiger partial charge in [-0.15, -0.1) is 0 Å². The average Bonchev–Trinajstić information content (AvgIpc) is 2.63. The molecule has 84 valence electrons. The number of furan rings is 1. The molecule has 0 saturated heterocycles. The lowest BCUT2D eigenvalue weighted by atomic mass is 10.1. The Kier molecular flexibility index (Phi) is 4.65. The second-order valence-corrected chi connectivity index (χ2v) is 3.54. The van der Waals surface area contributed by atoms with Crippen LogP contribution < -0.4 is 5.32 Å². The summed E-state index contributed by atoms with van der Waals surface area (Å²) >= 11 is 5.66. The molecule has 1 unspecified atom stereocenters. The molecule has 0 fully saturated rings.